The van der Waals surface area contributed by atoms with Crippen LogP contribution in [0.4, 0.5) is 5.82 Å². The fourth-order valence-corrected chi connectivity index (χ4v) is 2.17. The Kier molecular flexibility index (Phi) is 3.35. The Morgan fingerprint density at radius 1 is 0.800 bits per heavy atom. The first-order valence-electron chi connectivity index (χ1n) is 6.18. The zero-order valence-electron chi connectivity index (χ0n) is 10.6. The highest BCUT2D eigenvalue weighted by molar-refractivity contribution is 6.30. The van der Waals surface area contributed by atoms with Gasteiger partial charge in [0.25, 0.3) is 0 Å². The summed E-state index contributed by atoms with van der Waals surface area (Å²) in [6, 6.07) is 19.0. The van der Waals surface area contributed by atoms with Gasteiger partial charge in [-0.3, -0.25) is 0 Å². The van der Waals surface area contributed by atoms with E-state index < -0.39 is 0 Å². The summed E-state index contributed by atoms with van der Waals surface area (Å²) in [5.41, 5.74) is 8.50. The van der Waals surface area contributed by atoms with Crippen LogP contribution in [0.25, 0.3) is 22.6 Å². The number of nitrogens with zero attached hydrogens (tertiary/aromatic N) is 2. The first kappa shape index (κ1) is 12.6. The number of hydrogen-bond donors (Lipinski definition) is 1. The maximum Gasteiger partial charge on any atom is 0.162 e. The van der Waals surface area contributed by atoms with Crippen molar-refractivity contribution in [2.45, 2.75) is 0 Å². The minimum absolute atomic E-state index is 0.439. The van der Waals surface area contributed by atoms with Crippen molar-refractivity contribution in [2.24, 2.45) is 0 Å². The van der Waals surface area contributed by atoms with E-state index in [4.69, 9.17) is 17.3 Å². The standard InChI is InChI=1S/C16H12ClN3/c17-13-8-4-7-12(9-13)14-10-15(18)20-16(19-14)11-5-2-1-3-6-11/h1-10H,(H2,18,19,20). The number of hydrogen-bond acceptors (Lipinski definition) is 3. The minimum atomic E-state index is 0.439. The van der Waals surface area contributed by atoms with E-state index in [2.05, 4.69) is 9.97 Å². The van der Waals surface area contributed by atoms with Crippen molar-refractivity contribution in [3.8, 4) is 22.6 Å². The second-order valence-electron chi connectivity index (χ2n) is 4.38. The number of aromatic nitrogens is 2. The van der Waals surface area contributed by atoms with Crippen molar-refractivity contribution < 1.29 is 0 Å². The molecule has 1 aromatic heterocycles. The molecule has 2 aromatic carbocycles. The second-order valence-corrected chi connectivity index (χ2v) is 4.81. The fraction of sp³-hybridized carbons (Fsp3) is 0. The highest BCUT2D eigenvalue weighted by atomic mass is 35.5. The van der Waals surface area contributed by atoms with Gasteiger partial charge < -0.3 is 5.73 Å². The van der Waals surface area contributed by atoms with Crippen molar-refractivity contribution in [3.05, 3.63) is 65.7 Å². The molecule has 0 spiro atoms. The van der Waals surface area contributed by atoms with Crippen LogP contribution in [0, 0.1) is 0 Å². The van der Waals surface area contributed by atoms with Gasteiger partial charge in [0.2, 0.25) is 0 Å². The number of nitrogens with two attached hydrogens (primary N) is 1. The molecule has 0 aliphatic carbocycles. The summed E-state index contributed by atoms with van der Waals surface area (Å²) in [6.45, 7) is 0. The van der Waals surface area contributed by atoms with E-state index in [1.807, 2.05) is 54.6 Å². The Morgan fingerprint density at radius 3 is 2.30 bits per heavy atom. The van der Waals surface area contributed by atoms with Gasteiger partial charge >= 0.3 is 0 Å². The summed E-state index contributed by atoms with van der Waals surface area (Å²) in [4.78, 5) is 8.85. The summed E-state index contributed by atoms with van der Waals surface area (Å²) < 4.78 is 0. The lowest BCUT2D eigenvalue weighted by Gasteiger charge is -2.06. The molecule has 1 heterocycles. The molecule has 0 bridgehead atoms. The summed E-state index contributed by atoms with van der Waals surface area (Å²) in [5.74, 6) is 1.05. The van der Waals surface area contributed by atoms with Gasteiger partial charge in [-0.25, -0.2) is 9.97 Å². The number of halogens is 1. The number of rotatable bonds is 2. The van der Waals surface area contributed by atoms with Crippen molar-refractivity contribution in [2.75, 3.05) is 5.73 Å². The van der Waals surface area contributed by atoms with Crippen LogP contribution >= 0.6 is 11.6 Å². The lowest BCUT2D eigenvalue weighted by molar-refractivity contribution is 1.19. The van der Waals surface area contributed by atoms with E-state index in [9.17, 15) is 0 Å². The highest BCUT2D eigenvalue weighted by Gasteiger charge is 2.07. The Balaban J connectivity index is 2.12. The zero-order chi connectivity index (χ0) is 13.9. The van der Waals surface area contributed by atoms with Gasteiger partial charge in [0.05, 0.1) is 5.69 Å². The SMILES string of the molecule is Nc1cc(-c2cccc(Cl)c2)nc(-c2ccccc2)n1. The van der Waals surface area contributed by atoms with Crippen LogP contribution in [0.2, 0.25) is 5.02 Å². The van der Waals surface area contributed by atoms with Gasteiger partial charge in [-0.2, -0.15) is 0 Å². The molecule has 2 N–H and O–H groups in total. The van der Waals surface area contributed by atoms with Crippen LogP contribution in [0.15, 0.2) is 60.7 Å². The molecule has 0 unspecified atom stereocenters. The maximum absolute atomic E-state index is 6.02. The highest BCUT2D eigenvalue weighted by Crippen LogP contribution is 2.25. The van der Waals surface area contributed by atoms with E-state index in [0.717, 1.165) is 16.8 Å². The molecule has 0 atom stereocenters. The molecule has 0 saturated heterocycles. The predicted molar refractivity (Wildman–Crippen MR) is 82.3 cm³/mol. The third-order valence-electron chi connectivity index (χ3n) is 2.90. The Bertz CT molecular complexity index is 742. The average molecular weight is 282 g/mol. The molecule has 0 fully saturated rings. The average Bonchev–Trinajstić information content (AvgIpc) is 2.47. The summed E-state index contributed by atoms with van der Waals surface area (Å²) >= 11 is 6.02. The third-order valence-corrected chi connectivity index (χ3v) is 3.13. The normalized spacial score (nSPS) is 10.4. The lowest BCUT2D eigenvalue weighted by Crippen LogP contribution is -1.97. The molecular formula is C16H12ClN3. The molecule has 0 radical (unpaired) electrons. The van der Waals surface area contributed by atoms with Crippen LogP contribution in [-0.4, -0.2) is 9.97 Å². The molecule has 0 aliphatic rings. The van der Waals surface area contributed by atoms with Gasteiger partial charge in [-0.05, 0) is 12.1 Å². The predicted octanol–water partition coefficient (Wildman–Crippen LogP) is 4.05. The molecule has 20 heavy (non-hydrogen) atoms. The zero-order valence-corrected chi connectivity index (χ0v) is 11.4. The van der Waals surface area contributed by atoms with Gasteiger partial charge in [0, 0.05) is 22.2 Å². The Morgan fingerprint density at radius 2 is 1.55 bits per heavy atom. The minimum Gasteiger partial charge on any atom is -0.384 e. The molecule has 3 nitrogen and oxygen atoms in total. The monoisotopic (exact) mass is 281 g/mol. The van der Waals surface area contributed by atoms with Crippen LogP contribution < -0.4 is 5.73 Å². The summed E-state index contributed by atoms with van der Waals surface area (Å²) in [7, 11) is 0. The van der Waals surface area contributed by atoms with E-state index in [-0.39, 0.29) is 0 Å². The van der Waals surface area contributed by atoms with Crippen LogP contribution in [0.1, 0.15) is 0 Å². The molecule has 98 valence electrons. The largest absolute Gasteiger partial charge is 0.384 e. The van der Waals surface area contributed by atoms with Gasteiger partial charge in [-0.1, -0.05) is 54.1 Å². The summed E-state index contributed by atoms with van der Waals surface area (Å²) in [6.07, 6.45) is 0. The molecular weight excluding hydrogens is 270 g/mol. The second kappa shape index (κ2) is 5.31. The molecule has 3 rings (SSSR count). The molecule has 0 saturated carbocycles. The number of anilines is 1. The third kappa shape index (κ3) is 2.63. The van der Waals surface area contributed by atoms with Crippen molar-refractivity contribution in [3.63, 3.8) is 0 Å². The summed E-state index contributed by atoms with van der Waals surface area (Å²) in [5, 5.41) is 0.668. The van der Waals surface area contributed by atoms with E-state index in [0.29, 0.717) is 16.7 Å². The maximum atomic E-state index is 6.02. The van der Waals surface area contributed by atoms with Crippen molar-refractivity contribution in [1.82, 2.24) is 9.97 Å². The van der Waals surface area contributed by atoms with Crippen LogP contribution in [0.3, 0.4) is 0 Å². The van der Waals surface area contributed by atoms with Crippen molar-refractivity contribution in [1.29, 1.82) is 0 Å². The Hall–Kier alpha value is -2.39. The molecule has 3 aromatic rings. The van der Waals surface area contributed by atoms with Gasteiger partial charge in [0.1, 0.15) is 5.82 Å². The van der Waals surface area contributed by atoms with Gasteiger partial charge in [-0.15, -0.1) is 0 Å². The van der Waals surface area contributed by atoms with Crippen molar-refractivity contribution >= 4 is 17.4 Å². The first-order chi connectivity index (χ1) is 9.72. The number of benzene rings is 2. The van der Waals surface area contributed by atoms with Gasteiger partial charge in [0.15, 0.2) is 5.82 Å². The van der Waals surface area contributed by atoms with E-state index >= 15 is 0 Å². The number of nitrogen functional groups attached to an aromatic ring is 1. The molecule has 4 heteroatoms. The fourth-order valence-electron chi connectivity index (χ4n) is 1.98. The molecule has 0 amide bonds. The lowest BCUT2D eigenvalue weighted by atomic mass is 10.1. The quantitative estimate of drug-likeness (QED) is 0.771. The van der Waals surface area contributed by atoms with Crippen LogP contribution in [-0.2, 0) is 0 Å². The van der Waals surface area contributed by atoms with E-state index in [1.54, 1.807) is 6.07 Å². The van der Waals surface area contributed by atoms with E-state index in [1.165, 1.54) is 0 Å². The van der Waals surface area contributed by atoms with Crippen LogP contribution in [0.5, 0.6) is 0 Å². The first-order valence-corrected chi connectivity index (χ1v) is 6.56. The topological polar surface area (TPSA) is 51.8 Å². The smallest absolute Gasteiger partial charge is 0.162 e. The molecule has 0 aliphatic heterocycles. The Labute approximate surface area is 122 Å².